The topological polar surface area (TPSA) is 40.5 Å². The molecule has 0 bridgehead atoms. The predicted molar refractivity (Wildman–Crippen MR) is 58.9 cm³/mol. The van der Waals surface area contributed by atoms with Crippen molar-refractivity contribution in [1.82, 2.24) is 5.34 Å². The summed E-state index contributed by atoms with van der Waals surface area (Å²) >= 11 is 2.45. The molecule has 1 atom stereocenters. The fraction of sp³-hybridized carbons (Fsp3) is 0.300. The Bertz CT molecular complexity index is 521. The maximum Gasteiger partial charge on any atom is 0.343 e. The molecule has 0 aliphatic carbocycles. The number of hydrogen-bond acceptors (Lipinski definition) is 3. The predicted octanol–water partition coefficient (Wildman–Crippen LogP) is 3.33. The van der Waals surface area contributed by atoms with Gasteiger partial charge in [0.15, 0.2) is 0 Å². The van der Waals surface area contributed by atoms with Gasteiger partial charge in [-0.1, -0.05) is 15.0 Å². The SMILES string of the molecule is O=C(O)c1ccc(C[C@@](F)(N(F)F)C(F)(F)S)c(F)c1. The van der Waals surface area contributed by atoms with E-state index < -0.39 is 45.7 Å². The zero-order valence-corrected chi connectivity index (χ0v) is 10.4. The van der Waals surface area contributed by atoms with Crippen LogP contribution in [0.2, 0.25) is 0 Å². The van der Waals surface area contributed by atoms with Gasteiger partial charge in [0, 0.05) is 6.42 Å². The van der Waals surface area contributed by atoms with Crippen molar-refractivity contribution >= 4 is 18.6 Å². The second-order valence-electron chi connectivity index (χ2n) is 3.82. The zero-order valence-electron chi connectivity index (χ0n) is 9.46. The Morgan fingerprint density at radius 3 is 2.20 bits per heavy atom. The summed E-state index contributed by atoms with van der Waals surface area (Å²) in [5, 5.41) is 1.38. The maximum atomic E-state index is 13.6. The van der Waals surface area contributed by atoms with E-state index >= 15 is 0 Å². The maximum absolute atomic E-state index is 13.6. The third-order valence-corrected chi connectivity index (χ3v) is 2.80. The molecule has 0 fully saturated rings. The number of alkyl halides is 3. The van der Waals surface area contributed by atoms with Crippen molar-refractivity contribution in [2.75, 3.05) is 0 Å². The fourth-order valence-corrected chi connectivity index (χ4v) is 1.50. The number of thiol groups is 1. The van der Waals surface area contributed by atoms with Crippen molar-refractivity contribution in [2.45, 2.75) is 17.5 Å². The van der Waals surface area contributed by atoms with E-state index in [1.807, 2.05) is 0 Å². The number of carbonyl (C=O) groups is 1. The Balaban J connectivity index is 3.17. The molecule has 0 heterocycles. The first kappa shape index (κ1) is 16.6. The molecule has 0 saturated heterocycles. The van der Waals surface area contributed by atoms with Crippen molar-refractivity contribution in [3.8, 4) is 0 Å². The molecule has 0 aliphatic rings. The van der Waals surface area contributed by atoms with Crippen LogP contribution < -0.4 is 0 Å². The smallest absolute Gasteiger partial charge is 0.343 e. The van der Waals surface area contributed by atoms with Crippen molar-refractivity contribution < 1.29 is 36.4 Å². The van der Waals surface area contributed by atoms with Gasteiger partial charge in [0.2, 0.25) is 0 Å². The first-order valence-electron chi connectivity index (χ1n) is 4.91. The molecule has 1 aromatic carbocycles. The number of nitrogens with zero attached hydrogens (tertiary/aromatic N) is 1. The summed E-state index contributed by atoms with van der Waals surface area (Å²) in [6.45, 7) is 0. The number of hydrogen-bond donors (Lipinski definition) is 2. The van der Waals surface area contributed by atoms with Gasteiger partial charge in [0.1, 0.15) is 5.82 Å². The first-order valence-corrected chi connectivity index (χ1v) is 5.36. The standard InChI is InChI=1S/C10H7F6NO2S/c11-7-3-5(8(18)19)1-2-6(7)4-9(12,17(15)16)10(13,14)20/h1-3,20H,4H2,(H,18,19)/t9-/m1/s1. The first-order chi connectivity index (χ1) is 8.99. The number of rotatable bonds is 5. The molecule has 1 N–H and O–H groups in total. The van der Waals surface area contributed by atoms with Gasteiger partial charge in [-0.05, 0) is 17.7 Å². The average Bonchev–Trinajstić information content (AvgIpc) is 2.29. The van der Waals surface area contributed by atoms with Crippen molar-refractivity contribution in [3.05, 3.63) is 35.1 Å². The molecule has 10 heteroatoms. The zero-order chi connectivity index (χ0) is 15.7. The lowest BCUT2D eigenvalue weighted by atomic mass is 10.0. The Morgan fingerprint density at radius 2 is 1.85 bits per heavy atom. The minimum absolute atomic E-state index is 0.412. The normalized spacial score (nSPS) is 15.2. The molecule has 1 rings (SSSR count). The molecule has 0 aromatic heterocycles. The lowest BCUT2D eigenvalue weighted by Crippen LogP contribution is -2.50. The number of aromatic carboxylic acids is 1. The van der Waals surface area contributed by atoms with Gasteiger partial charge in [0.05, 0.1) is 10.9 Å². The third-order valence-electron chi connectivity index (χ3n) is 2.45. The van der Waals surface area contributed by atoms with Crippen LogP contribution >= 0.6 is 12.6 Å². The van der Waals surface area contributed by atoms with Crippen LogP contribution in [-0.4, -0.2) is 27.5 Å². The lowest BCUT2D eigenvalue weighted by Gasteiger charge is -2.29. The highest BCUT2D eigenvalue weighted by Gasteiger charge is 2.59. The van der Waals surface area contributed by atoms with Gasteiger partial charge < -0.3 is 5.11 Å². The fourth-order valence-electron chi connectivity index (χ4n) is 1.34. The van der Waals surface area contributed by atoms with Crippen molar-refractivity contribution in [3.63, 3.8) is 0 Å². The van der Waals surface area contributed by atoms with Crippen LogP contribution in [0, 0.1) is 5.82 Å². The van der Waals surface area contributed by atoms with Gasteiger partial charge in [-0.25, -0.2) is 13.6 Å². The van der Waals surface area contributed by atoms with Crippen molar-refractivity contribution in [1.29, 1.82) is 0 Å². The second kappa shape index (κ2) is 5.52. The van der Waals surface area contributed by atoms with Crippen LogP contribution in [0.5, 0.6) is 0 Å². The highest BCUT2D eigenvalue weighted by molar-refractivity contribution is 7.81. The molecule has 1 aromatic rings. The summed E-state index contributed by atoms with van der Waals surface area (Å²) in [6, 6.07) is 1.82. The minimum Gasteiger partial charge on any atom is -0.478 e. The monoisotopic (exact) mass is 319 g/mol. The highest BCUT2D eigenvalue weighted by atomic mass is 32.1. The summed E-state index contributed by atoms with van der Waals surface area (Å²) in [7, 11) is 0. The number of halogens is 6. The van der Waals surface area contributed by atoms with Gasteiger partial charge in [-0.15, -0.1) is 12.6 Å². The van der Waals surface area contributed by atoms with E-state index in [0.29, 0.717) is 12.1 Å². The molecule has 0 saturated carbocycles. The van der Waals surface area contributed by atoms with E-state index in [2.05, 4.69) is 12.6 Å². The Morgan fingerprint density at radius 1 is 1.30 bits per heavy atom. The van der Waals surface area contributed by atoms with E-state index in [-0.39, 0.29) is 0 Å². The van der Waals surface area contributed by atoms with Gasteiger partial charge in [-0.3, -0.25) is 0 Å². The van der Waals surface area contributed by atoms with Crippen LogP contribution in [0.15, 0.2) is 18.2 Å². The summed E-state index contributed by atoms with van der Waals surface area (Å²) in [4.78, 5) is 10.5. The Labute approximate surface area is 114 Å². The second-order valence-corrected chi connectivity index (χ2v) is 4.38. The lowest BCUT2D eigenvalue weighted by molar-refractivity contribution is -0.322. The molecule has 0 spiro atoms. The number of carboxylic acids is 1. The van der Waals surface area contributed by atoms with Crippen LogP contribution in [0.25, 0.3) is 0 Å². The van der Waals surface area contributed by atoms with E-state index in [9.17, 15) is 31.3 Å². The molecule has 3 nitrogen and oxygen atoms in total. The van der Waals surface area contributed by atoms with E-state index in [4.69, 9.17) is 5.11 Å². The third kappa shape index (κ3) is 3.18. The number of benzene rings is 1. The van der Waals surface area contributed by atoms with Crippen LogP contribution in [-0.2, 0) is 6.42 Å². The van der Waals surface area contributed by atoms with Crippen LogP contribution in [0.1, 0.15) is 15.9 Å². The Kier molecular flexibility index (Phi) is 4.59. The number of carboxylic acid groups (broad SMARTS) is 1. The van der Waals surface area contributed by atoms with Gasteiger partial charge >= 0.3 is 11.2 Å². The minimum atomic E-state index is -4.77. The van der Waals surface area contributed by atoms with Crippen LogP contribution in [0.4, 0.5) is 26.5 Å². The molecule has 0 amide bonds. The summed E-state index contributed by atoms with van der Waals surface area (Å²) in [5.74, 6) is -7.45. The van der Waals surface area contributed by atoms with Crippen molar-refractivity contribution in [2.24, 2.45) is 0 Å². The molecule has 112 valence electrons. The average molecular weight is 319 g/mol. The van der Waals surface area contributed by atoms with E-state index in [0.717, 1.165) is 6.07 Å². The van der Waals surface area contributed by atoms with E-state index in [1.54, 1.807) is 0 Å². The summed E-state index contributed by atoms with van der Waals surface area (Å²) in [5.41, 5.74) is -1.38. The highest BCUT2D eigenvalue weighted by Crippen LogP contribution is 2.42. The Hall–Kier alpha value is -1.42. The molecule has 20 heavy (non-hydrogen) atoms. The molecule has 0 radical (unpaired) electrons. The molecular weight excluding hydrogens is 312 g/mol. The largest absolute Gasteiger partial charge is 0.478 e. The summed E-state index contributed by atoms with van der Waals surface area (Å²) in [6.07, 6.45) is -1.72. The van der Waals surface area contributed by atoms with Crippen LogP contribution in [0.3, 0.4) is 0 Å². The van der Waals surface area contributed by atoms with Gasteiger partial charge in [0.25, 0.3) is 5.79 Å². The molecule has 0 aliphatic heterocycles. The molecule has 0 unspecified atom stereocenters. The van der Waals surface area contributed by atoms with Gasteiger partial charge in [-0.2, -0.15) is 8.78 Å². The van der Waals surface area contributed by atoms with E-state index in [1.165, 1.54) is 0 Å². The quantitative estimate of drug-likeness (QED) is 0.378. The summed E-state index contributed by atoms with van der Waals surface area (Å²) < 4.78 is 77.3. The molecular formula is C10H7F6NO2S.